The van der Waals surface area contributed by atoms with E-state index in [-0.39, 0.29) is 6.61 Å². The predicted molar refractivity (Wildman–Crippen MR) is 98.6 cm³/mol. The molecule has 130 valence electrons. The number of aryl methyl sites for hydroxylation is 1. The van der Waals surface area contributed by atoms with E-state index in [9.17, 15) is 0 Å². The molecule has 24 heavy (non-hydrogen) atoms. The lowest BCUT2D eigenvalue weighted by atomic mass is 10.1. The maximum atomic E-state index is 8.73. The van der Waals surface area contributed by atoms with Crippen LogP contribution in [-0.2, 0) is 13.2 Å². The molecule has 2 aromatic rings. The molecular weight excluding hydrogens is 324 g/mol. The minimum absolute atomic E-state index is 0.158. The van der Waals surface area contributed by atoms with Gasteiger partial charge in [0.1, 0.15) is 12.4 Å². The average Bonchev–Trinajstić information content (AvgIpc) is 2.58. The zero-order chi connectivity index (χ0) is 17.2. The monoisotopic (exact) mass is 348 g/mol. The molecule has 5 heteroatoms. The number of ether oxygens (including phenoxy) is 1. The summed E-state index contributed by atoms with van der Waals surface area (Å²) in [7, 11) is 0. The van der Waals surface area contributed by atoms with Crippen molar-refractivity contribution in [1.82, 2.24) is 10.6 Å². The SMILES string of the molecule is Cc1ccccc1COc1ccc(Cl)cc1CNCCNCCO. The van der Waals surface area contributed by atoms with Crippen LogP contribution in [0.2, 0.25) is 5.02 Å². The minimum Gasteiger partial charge on any atom is -0.489 e. The highest BCUT2D eigenvalue weighted by Gasteiger charge is 2.06. The van der Waals surface area contributed by atoms with Gasteiger partial charge in [-0.25, -0.2) is 0 Å². The number of hydrogen-bond acceptors (Lipinski definition) is 4. The van der Waals surface area contributed by atoms with E-state index in [1.54, 1.807) is 0 Å². The van der Waals surface area contributed by atoms with Crippen LogP contribution in [0.4, 0.5) is 0 Å². The Labute approximate surface area is 148 Å². The first kappa shape index (κ1) is 18.7. The Morgan fingerprint density at radius 2 is 1.79 bits per heavy atom. The van der Waals surface area contributed by atoms with E-state index in [0.29, 0.717) is 24.7 Å². The normalized spacial score (nSPS) is 10.8. The molecule has 0 radical (unpaired) electrons. The van der Waals surface area contributed by atoms with E-state index in [1.165, 1.54) is 11.1 Å². The summed E-state index contributed by atoms with van der Waals surface area (Å²) in [6.07, 6.45) is 0. The molecule has 2 aromatic carbocycles. The summed E-state index contributed by atoms with van der Waals surface area (Å²) in [4.78, 5) is 0. The highest BCUT2D eigenvalue weighted by atomic mass is 35.5. The van der Waals surface area contributed by atoms with Gasteiger partial charge in [0.15, 0.2) is 0 Å². The van der Waals surface area contributed by atoms with E-state index >= 15 is 0 Å². The van der Waals surface area contributed by atoms with E-state index in [4.69, 9.17) is 21.4 Å². The lowest BCUT2D eigenvalue weighted by Gasteiger charge is -2.14. The number of benzene rings is 2. The fourth-order valence-corrected chi connectivity index (χ4v) is 2.55. The number of aliphatic hydroxyl groups excluding tert-OH is 1. The maximum Gasteiger partial charge on any atom is 0.124 e. The van der Waals surface area contributed by atoms with Crippen LogP contribution in [0.25, 0.3) is 0 Å². The average molecular weight is 349 g/mol. The Morgan fingerprint density at radius 3 is 2.58 bits per heavy atom. The van der Waals surface area contributed by atoms with E-state index in [0.717, 1.165) is 24.4 Å². The van der Waals surface area contributed by atoms with Gasteiger partial charge < -0.3 is 20.5 Å². The predicted octanol–water partition coefficient (Wildman–Crippen LogP) is 2.90. The summed E-state index contributed by atoms with van der Waals surface area (Å²) in [5, 5.41) is 15.9. The van der Waals surface area contributed by atoms with Crippen LogP contribution in [0.15, 0.2) is 42.5 Å². The summed E-state index contributed by atoms with van der Waals surface area (Å²) in [6.45, 7) is 5.70. The second-order valence-corrected chi connectivity index (χ2v) is 6.05. The quantitative estimate of drug-likeness (QED) is 0.578. The minimum atomic E-state index is 0.158. The Balaban J connectivity index is 1.91. The number of halogens is 1. The lowest BCUT2D eigenvalue weighted by Crippen LogP contribution is -2.28. The molecule has 4 nitrogen and oxygen atoms in total. The van der Waals surface area contributed by atoms with E-state index < -0.39 is 0 Å². The summed E-state index contributed by atoms with van der Waals surface area (Å²) in [6, 6.07) is 13.9. The maximum absolute atomic E-state index is 8.73. The second kappa shape index (κ2) is 10.3. The number of nitrogens with one attached hydrogen (secondary N) is 2. The topological polar surface area (TPSA) is 53.5 Å². The largest absolute Gasteiger partial charge is 0.489 e. The van der Waals surface area contributed by atoms with Gasteiger partial charge in [0.05, 0.1) is 6.61 Å². The second-order valence-electron chi connectivity index (χ2n) is 5.62. The highest BCUT2D eigenvalue weighted by Crippen LogP contribution is 2.24. The smallest absolute Gasteiger partial charge is 0.124 e. The molecule has 0 saturated carbocycles. The van der Waals surface area contributed by atoms with Crippen molar-refractivity contribution in [2.24, 2.45) is 0 Å². The standard InChI is InChI=1S/C19H25ClN2O2/c1-15-4-2-3-5-16(15)14-24-19-7-6-18(20)12-17(19)13-22-9-8-21-10-11-23/h2-7,12,21-23H,8-11,13-14H2,1H3. The molecule has 0 heterocycles. The third kappa shape index (κ3) is 6.13. The van der Waals surface area contributed by atoms with Crippen LogP contribution in [0.1, 0.15) is 16.7 Å². The molecule has 0 aromatic heterocycles. The van der Waals surface area contributed by atoms with Gasteiger partial charge in [0.25, 0.3) is 0 Å². The third-order valence-corrected chi connectivity index (χ3v) is 3.98. The number of hydrogen-bond donors (Lipinski definition) is 3. The molecule has 0 unspecified atom stereocenters. The number of rotatable bonds is 10. The van der Waals surface area contributed by atoms with Crippen LogP contribution in [0, 0.1) is 6.92 Å². The first-order valence-corrected chi connectivity index (χ1v) is 8.56. The van der Waals surface area contributed by atoms with Crippen molar-refractivity contribution in [3.05, 3.63) is 64.2 Å². The first-order chi connectivity index (χ1) is 11.7. The summed E-state index contributed by atoms with van der Waals surface area (Å²) < 4.78 is 6.01. The molecular formula is C19H25ClN2O2. The zero-order valence-electron chi connectivity index (χ0n) is 14.0. The van der Waals surface area contributed by atoms with Crippen molar-refractivity contribution in [1.29, 1.82) is 0 Å². The van der Waals surface area contributed by atoms with Crippen molar-refractivity contribution in [2.75, 3.05) is 26.2 Å². The molecule has 0 aliphatic heterocycles. The van der Waals surface area contributed by atoms with Crippen LogP contribution in [0.5, 0.6) is 5.75 Å². The first-order valence-electron chi connectivity index (χ1n) is 8.18. The summed E-state index contributed by atoms with van der Waals surface area (Å²) in [5.41, 5.74) is 3.44. The molecule has 3 N–H and O–H groups in total. The van der Waals surface area contributed by atoms with Gasteiger partial charge in [0, 0.05) is 36.8 Å². The van der Waals surface area contributed by atoms with Crippen LogP contribution in [-0.4, -0.2) is 31.3 Å². The fourth-order valence-electron chi connectivity index (χ4n) is 2.36. The van der Waals surface area contributed by atoms with Crippen molar-refractivity contribution in [3.63, 3.8) is 0 Å². The summed E-state index contributed by atoms with van der Waals surface area (Å²) >= 11 is 6.12. The molecule has 0 saturated heterocycles. The lowest BCUT2D eigenvalue weighted by molar-refractivity contribution is 0.292. The van der Waals surface area contributed by atoms with Crippen LogP contribution >= 0.6 is 11.6 Å². The van der Waals surface area contributed by atoms with Crippen LogP contribution in [0.3, 0.4) is 0 Å². The van der Waals surface area contributed by atoms with Gasteiger partial charge in [-0.15, -0.1) is 0 Å². The van der Waals surface area contributed by atoms with Gasteiger partial charge >= 0.3 is 0 Å². The van der Waals surface area contributed by atoms with Gasteiger partial charge in [0.2, 0.25) is 0 Å². The Morgan fingerprint density at radius 1 is 1.00 bits per heavy atom. The molecule has 2 rings (SSSR count). The van der Waals surface area contributed by atoms with Crippen LogP contribution < -0.4 is 15.4 Å². The fraction of sp³-hybridized carbons (Fsp3) is 0.368. The van der Waals surface area contributed by atoms with Gasteiger partial charge in [-0.1, -0.05) is 35.9 Å². The molecule has 0 aliphatic rings. The molecule has 0 aliphatic carbocycles. The summed E-state index contributed by atoms with van der Waals surface area (Å²) in [5.74, 6) is 0.846. The van der Waals surface area contributed by atoms with Gasteiger partial charge in [-0.2, -0.15) is 0 Å². The van der Waals surface area contributed by atoms with Crippen molar-refractivity contribution < 1.29 is 9.84 Å². The van der Waals surface area contributed by atoms with Gasteiger partial charge in [-0.05, 0) is 36.2 Å². The zero-order valence-corrected chi connectivity index (χ0v) is 14.8. The van der Waals surface area contributed by atoms with E-state index in [1.807, 2.05) is 30.3 Å². The third-order valence-electron chi connectivity index (χ3n) is 3.75. The van der Waals surface area contributed by atoms with Gasteiger partial charge in [-0.3, -0.25) is 0 Å². The molecule has 0 spiro atoms. The molecule has 0 amide bonds. The Bertz CT molecular complexity index is 635. The van der Waals surface area contributed by atoms with E-state index in [2.05, 4.69) is 29.7 Å². The Kier molecular flexibility index (Phi) is 8.05. The van der Waals surface area contributed by atoms with Crippen molar-refractivity contribution in [2.45, 2.75) is 20.1 Å². The molecule has 0 atom stereocenters. The van der Waals surface area contributed by atoms with Crippen molar-refractivity contribution >= 4 is 11.6 Å². The highest BCUT2D eigenvalue weighted by molar-refractivity contribution is 6.30. The molecule has 0 bridgehead atoms. The number of aliphatic hydroxyl groups is 1. The Hall–Kier alpha value is -1.59. The van der Waals surface area contributed by atoms with Crippen molar-refractivity contribution in [3.8, 4) is 5.75 Å². The molecule has 0 fully saturated rings.